The van der Waals surface area contributed by atoms with Gasteiger partial charge in [0.05, 0.1) is 24.6 Å². The number of para-hydroxylation sites is 1. The van der Waals surface area contributed by atoms with Crippen LogP contribution in [-0.4, -0.2) is 22.8 Å². The molecule has 0 aliphatic heterocycles. The van der Waals surface area contributed by atoms with E-state index in [1.54, 1.807) is 10.6 Å². The van der Waals surface area contributed by atoms with E-state index < -0.39 is 6.09 Å². The van der Waals surface area contributed by atoms with E-state index in [0.29, 0.717) is 29.8 Å². The lowest BCUT2D eigenvalue weighted by Crippen LogP contribution is -2.24. The second-order valence-corrected chi connectivity index (χ2v) is 6.87. The molecule has 0 atom stereocenters. The molecule has 4 rings (SSSR count). The number of aromatic nitrogens is 2. The van der Waals surface area contributed by atoms with Crippen molar-refractivity contribution in [2.75, 3.05) is 7.11 Å². The van der Waals surface area contributed by atoms with Crippen molar-refractivity contribution in [2.24, 2.45) is 0 Å². The van der Waals surface area contributed by atoms with Gasteiger partial charge < -0.3 is 10.1 Å². The minimum atomic E-state index is -0.485. The zero-order valence-electron chi connectivity index (χ0n) is 16.5. The van der Waals surface area contributed by atoms with Crippen molar-refractivity contribution in [3.63, 3.8) is 0 Å². The maximum absolute atomic E-state index is 13.3. The van der Waals surface area contributed by atoms with Crippen molar-refractivity contribution in [3.8, 4) is 11.4 Å². The summed E-state index contributed by atoms with van der Waals surface area (Å²) in [4.78, 5) is 29.4. The number of hydrogen-bond donors (Lipinski definition) is 1. The largest absolute Gasteiger partial charge is 0.453 e. The van der Waals surface area contributed by atoms with Crippen LogP contribution in [0, 0.1) is 0 Å². The molecule has 0 unspecified atom stereocenters. The highest BCUT2D eigenvalue weighted by Gasteiger charge is 2.13. The second kappa shape index (κ2) is 8.61. The van der Waals surface area contributed by atoms with E-state index in [0.717, 1.165) is 16.7 Å². The number of carbonyl (C=O) groups is 1. The molecule has 0 bridgehead atoms. The third-order valence-electron chi connectivity index (χ3n) is 4.85. The molecule has 0 aliphatic rings. The summed E-state index contributed by atoms with van der Waals surface area (Å²) in [7, 11) is 1.33. The molecule has 0 fully saturated rings. The quantitative estimate of drug-likeness (QED) is 0.551. The van der Waals surface area contributed by atoms with Gasteiger partial charge in [-0.25, -0.2) is 9.78 Å². The van der Waals surface area contributed by atoms with Gasteiger partial charge in [0, 0.05) is 12.1 Å². The van der Waals surface area contributed by atoms with Crippen LogP contribution in [0.1, 0.15) is 11.1 Å². The highest BCUT2D eigenvalue weighted by atomic mass is 16.5. The molecule has 1 aromatic heterocycles. The summed E-state index contributed by atoms with van der Waals surface area (Å²) < 4.78 is 6.31. The fraction of sp³-hybridized carbons (Fsp3) is 0.125. The fourth-order valence-corrected chi connectivity index (χ4v) is 3.39. The third-order valence-corrected chi connectivity index (χ3v) is 4.85. The summed E-state index contributed by atoms with van der Waals surface area (Å²) in [6, 6.07) is 24.8. The van der Waals surface area contributed by atoms with Gasteiger partial charge in [-0.15, -0.1) is 0 Å². The Hall–Kier alpha value is -3.93. The molecule has 0 spiro atoms. The van der Waals surface area contributed by atoms with Crippen molar-refractivity contribution >= 4 is 17.0 Å². The molecule has 4 aromatic rings. The zero-order chi connectivity index (χ0) is 20.9. The molecular weight excluding hydrogens is 378 g/mol. The molecule has 6 heteroatoms. The number of hydrogen-bond acceptors (Lipinski definition) is 4. The molecule has 30 heavy (non-hydrogen) atoms. The highest BCUT2D eigenvalue weighted by molar-refractivity contribution is 5.79. The molecule has 1 heterocycles. The van der Waals surface area contributed by atoms with E-state index in [2.05, 4.69) is 10.1 Å². The number of nitrogens with one attached hydrogen (secondary N) is 1. The molecular formula is C24H21N3O3. The number of alkyl carbamates (subject to hydrolysis) is 1. The van der Waals surface area contributed by atoms with E-state index in [1.807, 2.05) is 72.8 Å². The highest BCUT2D eigenvalue weighted by Crippen LogP contribution is 2.20. The lowest BCUT2D eigenvalue weighted by Gasteiger charge is -2.14. The van der Waals surface area contributed by atoms with Gasteiger partial charge in [-0.3, -0.25) is 9.36 Å². The Balaban J connectivity index is 1.76. The predicted octanol–water partition coefficient (Wildman–Crippen LogP) is 3.97. The van der Waals surface area contributed by atoms with Crippen LogP contribution in [0.15, 0.2) is 83.7 Å². The van der Waals surface area contributed by atoms with E-state index in [-0.39, 0.29) is 5.56 Å². The van der Waals surface area contributed by atoms with Gasteiger partial charge >= 0.3 is 6.09 Å². The Morgan fingerprint density at radius 1 is 0.967 bits per heavy atom. The van der Waals surface area contributed by atoms with Crippen molar-refractivity contribution in [1.29, 1.82) is 0 Å². The summed E-state index contributed by atoms with van der Waals surface area (Å²) in [6.45, 7) is 0.712. The molecule has 1 amide bonds. The molecule has 3 aromatic carbocycles. The topological polar surface area (TPSA) is 73.2 Å². The number of nitrogens with zero attached hydrogens (tertiary/aromatic N) is 2. The molecule has 0 saturated heterocycles. The fourth-order valence-electron chi connectivity index (χ4n) is 3.39. The number of fused-ring (bicyclic) bond motifs is 1. The van der Waals surface area contributed by atoms with Crippen molar-refractivity contribution in [1.82, 2.24) is 14.9 Å². The number of ether oxygens (including phenoxy) is 1. The van der Waals surface area contributed by atoms with Crippen molar-refractivity contribution in [2.45, 2.75) is 13.1 Å². The summed E-state index contributed by atoms with van der Waals surface area (Å²) in [5.74, 6) is 0.623. The van der Waals surface area contributed by atoms with Gasteiger partial charge in [-0.2, -0.15) is 0 Å². The lowest BCUT2D eigenvalue weighted by molar-refractivity contribution is 0.170. The first-order chi connectivity index (χ1) is 14.7. The van der Waals surface area contributed by atoms with Crippen LogP contribution in [-0.2, 0) is 17.8 Å². The van der Waals surface area contributed by atoms with Gasteiger partial charge in [-0.05, 0) is 23.3 Å². The Bertz CT molecular complexity index is 1250. The summed E-state index contributed by atoms with van der Waals surface area (Å²) in [6.07, 6.45) is -0.485. The first-order valence-electron chi connectivity index (χ1n) is 9.60. The van der Waals surface area contributed by atoms with Gasteiger partial charge in [0.15, 0.2) is 0 Å². The van der Waals surface area contributed by atoms with Gasteiger partial charge in [0.1, 0.15) is 5.82 Å². The van der Waals surface area contributed by atoms with Crippen LogP contribution in [0.2, 0.25) is 0 Å². The number of rotatable bonds is 5. The van der Waals surface area contributed by atoms with Crippen molar-refractivity contribution < 1.29 is 9.53 Å². The average molecular weight is 399 g/mol. The van der Waals surface area contributed by atoms with E-state index >= 15 is 0 Å². The average Bonchev–Trinajstić information content (AvgIpc) is 2.80. The zero-order valence-corrected chi connectivity index (χ0v) is 16.5. The van der Waals surface area contributed by atoms with Gasteiger partial charge in [-0.1, -0.05) is 66.7 Å². The third kappa shape index (κ3) is 4.07. The Morgan fingerprint density at radius 2 is 1.70 bits per heavy atom. The first-order valence-corrected chi connectivity index (χ1v) is 9.60. The molecule has 0 aliphatic carbocycles. The smallest absolute Gasteiger partial charge is 0.407 e. The van der Waals surface area contributed by atoms with Crippen LogP contribution in [0.25, 0.3) is 22.3 Å². The summed E-state index contributed by atoms with van der Waals surface area (Å²) in [5, 5.41) is 3.25. The second-order valence-electron chi connectivity index (χ2n) is 6.87. The van der Waals surface area contributed by atoms with Crippen LogP contribution in [0.5, 0.6) is 0 Å². The SMILES string of the molecule is COC(=O)NCc1cccc(Cn2c(-c3ccccc3)nc3ccccc3c2=O)c1. The number of amides is 1. The van der Waals surface area contributed by atoms with E-state index in [9.17, 15) is 9.59 Å². The molecule has 150 valence electrons. The Labute approximate surface area is 173 Å². The normalized spacial score (nSPS) is 10.7. The van der Waals surface area contributed by atoms with Crippen LogP contribution >= 0.6 is 0 Å². The van der Waals surface area contributed by atoms with Crippen LogP contribution in [0.3, 0.4) is 0 Å². The molecule has 1 N–H and O–H groups in total. The first kappa shape index (κ1) is 19.4. The summed E-state index contributed by atoms with van der Waals surface area (Å²) >= 11 is 0. The van der Waals surface area contributed by atoms with E-state index in [1.165, 1.54) is 7.11 Å². The monoisotopic (exact) mass is 399 g/mol. The number of benzene rings is 3. The lowest BCUT2D eigenvalue weighted by atomic mass is 10.1. The predicted molar refractivity (Wildman–Crippen MR) is 116 cm³/mol. The molecule has 0 saturated carbocycles. The number of carbonyl (C=O) groups excluding carboxylic acids is 1. The number of methoxy groups -OCH3 is 1. The molecule has 6 nitrogen and oxygen atoms in total. The summed E-state index contributed by atoms with van der Waals surface area (Å²) in [5.41, 5.74) is 3.33. The van der Waals surface area contributed by atoms with Crippen LogP contribution in [0.4, 0.5) is 4.79 Å². The maximum Gasteiger partial charge on any atom is 0.407 e. The van der Waals surface area contributed by atoms with Crippen molar-refractivity contribution in [3.05, 3.63) is 100 Å². The Kier molecular flexibility index (Phi) is 5.57. The Morgan fingerprint density at radius 3 is 2.50 bits per heavy atom. The minimum absolute atomic E-state index is 0.0856. The molecule has 0 radical (unpaired) electrons. The van der Waals surface area contributed by atoms with Crippen LogP contribution < -0.4 is 10.9 Å². The van der Waals surface area contributed by atoms with E-state index in [4.69, 9.17) is 4.98 Å². The maximum atomic E-state index is 13.3. The standard InChI is InChI=1S/C24H21N3O3/c1-30-24(29)25-15-17-8-7-9-18(14-17)16-27-22(19-10-3-2-4-11-19)26-21-13-6-5-12-20(21)23(27)28/h2-14H,15-16H2,1H3,(H,25,29). The minimum Gasteiger partial charge on any atom is -0.453 e. The van der Waals surface area contributed by atoms with Gasteiger partial charge in [0.25, 0.3) is 5.56 Å². The van der Waals surface area contributed by atoms with Gasteiger partial charge in [0.2, 0.25) is 0 Å².